The highest BCUT2D eigenvalue weighted by molar-refractivity contribution is 5.85. The minimum atomic E-state index is -0.0883. The Bertz CT molecular complexity index is 708. The first-order chi connectivity index (χ1) is 13.0. The van der Waals surface area contributed by atoms with Crippen LogP contribution in [0.1, 0.15) is 43.7 Å². The van der Waals surface area contributed by atoms with Crippen molar-refractivity contribution in [1.82, 2.24) is 15.5 Å². The molecular formula is C21H30N4O2. The van der Waals surface area contributed by atoms with Crippen LogP contribution in [0.25, 0.3) is 0 Å². The van der Waals surface area contributed by atoms with Crippen molar-refractivity contribution in [3.05, 3.63) is 42.5 Å². The summed E-state index contributed by atoms with van der Waals surface area (Å²) in [5.41, 5.74) is 1.05. The Hall–Kier alpha value is -2.50. The van der Waals surface area contributed by atoms with E-state index in [0.717, 1.165) is 30.6 Å². The number of carbonyl (C=O) groups is 1. The molecule has 1 aliphatic carbocycles. The van der Waals surface area contributed by atoms with Crippen LogP contribution in [0, 0.1) is 0 Å². The standard InChI is InChI=1S/C21H30N4O2/c1-4-13-22-20(23-15-19(26)25(2)3)24-17-14-21(11-7-8-12-21)27-18-10-6-5-9-16(17)18/h4-6,9-10,17H,1,7-8,11-15H2,2-3H3,(H2,22,23,24). The Morgan fingerprint density at radius 1 is 1.37 bits per heavy atom. The third-order valence-corrected chi connectivity index (χ3v) is 5.31. The Morgan fingerprint density at radius 2 is 2.11 bits per heavy atom. The first-order valence-electron chi connectivity index (χ1n) is 9.67. The summed E-state index contributed by atoms with van der Waals surface area (Å²) in [6.07, 6.45) is 7.28. The van der Waals surface area contributed by atoms with Crippen molar-refractivity contribution in [3.63, 3.8) is 0 Å². The number of hydrogen-bond donors (Lipinski definition) is 2. The Morgan fingerprint density at radius 3 is 2.81 bits per heavy atom. The average Bonchev–Trinajstić information content (AvgIpc) is 3.10. The van der Waals surface area contributed by atoms with Crippen LogP contribution >= 0.6 is 0 Å². The smallest absolute Gasteiger partial charge is 0.243 e. The molecule has 27 heavy (non-hydrogen) atoms. The van der Waals surface area contributed by atoms with E-state index in [2.05, 4.69) is 28.3 Å². The first kappa shape index (κ1) is 19.3. The SMILES string of the molecule is C=CCNC(=NCC(=O)N(C)C)NC1CC2(CCCC2)Oc2ccccc21. The highest BCUT2D eigenvalue weighted by Crippen LogP contribution is 2.46. The number of likely N-dealkylation sites (N-methyl/N-ethyl adjacent to an activating group) is 1. The molecule has 1 saturated carbocycles. The summed E-state index contributed by atoms with van der Waals surface area (Å²) in [4.78, 5) is 18.0. The van der Waals surface area contributed by atoms with Gasteiger partial charge in [0.15, 0.2) is 5.96 Å². The molecule has 0 bridgehead atoms. The van der Waals surface area contributed by atoms with Gasteiger partial charge in [-0.15, -0.1) is 6.58 Å². The van der Waals surface area contributed by atoms with Crippen LogP contribution in [-0.2, 0) is 4.79 Å². The molecule has 2 aliphatic rings. The number of aliphatic imine (C=N–C) groups is 1. The number of fused-ring (bicyclic) bond motifs is 1. The average molecular weight is 370 g/mol. The monoisotopic (exact) mass is 370 g/mol. The van der Waals surface area contributed by atoms with Crippen LogP contribution in [0.15, 0.2) is 41.9 Å². The molecule has 2 N–H and O–H groups in total. The second-order valence-corrected chi connectivity index (χ2v) is 7.55. The maximum absolute atomic E-state index is 11.9. The van der Waals surface area contributed by atoms with Crippen molar-refractivity contribution >= 4 is 11.9 Å². The molecule has 0 aromatic heterocycles. The molecule has 6 nitrogen and oxygen atoms in total. The van der Waals surface area contributed by atoms with Crippen LogP contribution < -0.4 is 15.4 Å². The van der Waals surface area contributed by atoms with Gasteiger partial charge in [0.05, 0.1) is 6.04 Å². The summed E-state index contributed by atoms with van der Waals surface area (Å²) in [5, 5.41) is 6.76. The lowest BCUT2D eigenvalue weighted by Crippen LogP contribution is -2.47. The topological polar surface area (TPSA) is 66.0 Å². The summed E-state index contributed by atoms with van der Waals surface area (Å²) in [6.45, 7) is 4.44. The lowest BCUT2D eigenvalue weighted by atomic mass is 9.86. The van der Waals surface area contributed by atoms with Crippen LogP contribution in [0.5, 0.6) is 5.75 Å². The van der Waals surface area contributed by atoms with Gasteiger partial charge in [0.25, 0.3) is 0 Å². The molecule has 1 aromatic rings. The predicted octanol–water partition coefficient (Wildman–Crippen LogP) is 2.63. The Kier molecular flexibility index (Phi) is 6.04. The maximum atomic E-state index is 11.9. The van der Waals surface area contributed by atoms with E-state index in [4.69, 9.17) is 4.74 Å². The fraction of sp³-hybridized carbons (Fsp3) is 0.524. The number of carbonyl (C=O) groups excluding carboxylic acids is 1. The lowest BCUT2D eigenvalue weighted by Gasteiger charge is -2.40. The zero-order chi connectivity index (χ0) is 19.3. The van der Waals surface area contributed by atoms with Crippen LogP contribution in [0.4, 0.5) is 0 Å². The second kappa shape index (κ2) is 8.46. The van der Waals surface area contributed by atoms with E-state index in [1.54, 1.807) is 25.1 Å². The van der Waals surface area contributed by atoms with Gasteiger partial charge in [-0.1, -0.05) is 24.3 Å². The highest BCUT2D eigenvalue weighted by Gasteiger charge is 2.43. The van der Waals surface area contributed by atoms with Gasteiger partial charge < -0.3 is 20.3 Å². The van der Waals surface area contributed by atoms with Gasteiger partial charge in [-0.25, -0.2) is 4.99 Å². The zero-order valence-electron chi connectivity index (χ0n) is 16.3. The number of benzene rings is 1. The molecule has 1 aliphatic heterocycles. The zero-order valence-corrected chi connectivity index (χ0v) is 16.3. The van der Waals surface area contributed by atoms with Crippen LogP contribution in [0.3, 0.4) is 0 Å². The first-order valence-corrected chi connectivity index (χ1v) is 9.67. The summed E-state index contributed by atoms with van der Waals surface area (Å²) in [7, 11) is 3.47. The highest BCUT2D eigenvalue weighted by atomic mass is 16.5. The minimum Gasteiger partial charge on any atom is -0.487 e. The minimum absolute atomic E-state index is 0.0330. The van der Waals surface area contributed by atoms with E-state index in [1.807, 2.05) is 18.2 Å². The summed E-state index contributed by atoms with van der Waals surface area (Å²) >= 11 is 0. The Balaban J connectivity index is 1.81. The van der Waals surface area contributed by atoms with Crippen molar-refractivity contribution in [2.45, 2.75) is 43.7 Å². The summed E-state index contributed by atoms with van der Waals surface area (Å²) in [5.74, 6) is 1.55. The number of nitrogens with one attached hydrogen (secondary N) is 2. The van der Waals surface area contributed by atoms with Crippen molar-refractivity contribution < 1.29 is 9.53 Å². The van der Waals surface area contributed by atoms with Gasteiger partial charge in [-0.05, 0) is 31.7 Å². The van der Waals surface area contributed by atoms with Crippen molar-refractivity contribution in [3.8, 4) is 5.75 Å². The molecular weight excluding hydrogens is 340 g/mol. The number of rotatable bonds is 5. The van der Waals surface area contributed by atoms with Gasteiger partial charge in [-0.3, -0.25) is 4.79 Å². The largest absolute Gasteiger partial charge is 0.487 e. The molecule has 0 radical (unpaired) electrons. The van der Waals surface area contributed by atoms with E-state index >= 15 is 0 Å². The van der Waals surface area contributed by atoms with Gasteiger partial charge in [0.2, 0.25) is 5.91 Å². The molecule has 1 atom stereocenters. The summed E-state index contributed by atoms with van der Waals surface area (Å²) < 4.78 is 6.43. The van der Waals surface area contributed by atoms with Gasteiger partial charge >= 0.3 is 0 Å². The molecule has 1 fully saturated rings. The third-order valence-electron chi connectivity index (χ3n) is 5.31. The number of para-hydroxylation sites is 1. The van der Waals surface area contributed by atoms with Gasteiger partial charge in [-0.2, -0.15) is 0 Å². The van der Waals surface area contributed by atoms with E-state index < -0.39 is 0 Å². The molecule has 1 heterocycles. The fourth-order valence-corrected chi connectivity index (χ4v) is 3.85. The van der Waals surface area contributed by atoms with Crippen LogP contribution in [0.2, 0.25) is 0 Å². The number of ether oxygens (including phenoxy) is 1. The van der Waals surface area contributed by atoms with E-state index in [0.29, 0.717) is 12.5 Å². The number of guanidine groups is 1. The quantitative estimate of drug-likeness (QED) is 0.475. The lowest BCUT2D eigenvalue weighted by molar-refractivity contribution is -0.127. The normalized spacial score (nSPS) is 20.5. The third kappa shape index (κ3) is 4.62. The maximum Gasteiger partial charge on any atom is 0.243 e. The molecule has 3 rings (SSSR count). The molecule has 146 valence electrons. The molecule has 1 aromatic carbocycles. The molecule has 1 amide bonds. The van der Waals surface area contributed by atoms with Gasteiger partial charge in [0.1, 0.15) is 17.9 Å². The summed E-state index contributed by atoms with van der Waals surface area (Å²) in [6, 6.07) is 8.30. The molecule has 1 spiro atoms. The van der Waals surface area contributed by atoms with Crippen molar-refractivity contribution in [1.29, 1.82) is 0 Å². The number of hydrogen-bond acceptors (Lipinski definition) is 3. The Labute approximate surface area is 161 Å². The van der Waals surface area contributed by atoms with Crippen LogP contribution in [-0.4, -0.2) is 49.6 Å². The van der Waals surface area contributed by atoms with Crippen molar-refractivity contribution in [2.75, 3.05) is 27.2 Å². The number of amides is 1. The van der Waals surface area contributed by atoms with Crippen molar-refractivity contribution in [2.24, 2.45) is 4.99 Å². The van der Waals surface area contributed by atoms with E-state index in [1.165, 1.54) is 12.8 Å². The molecule has 0 saturated heterocycles. The van der Waals surface area contributed by atoms with E-state index in [-0.39, 0.29) is 24.1 Å². The van der Waals surface area contributed by atoms with Gasteiger partial charge in [0, 0.05) is 32.6 Å². The number of nitrogens with zero attached hydrogens (tertiary/aromatic N) is 2. The molecule has 1 unspecified atom stereocenters. The molecule has 6 heteroatoms. The fourth-order valence-electron chi connectivity index (χ4n) is 3.85. The van der Waals surface area contributed by atoms with E-state index in [9.17, 15) is 4.79 Å². The second-order valence-electron chi connectivity index (χ2n) is 7.55. The predicted molar refractivity (Wildman–Crippen MR) is 108 cm³/mol.